The number of hydrogen-bond acceptors (Lipinski definition) is 5. The fourth-order valence-corrected chi connectivity index (χ4v) is 6.09. The number of ether oxygens (including phenoxy) is 1. The monoisotopic (exact) mass is 467 g/mol. The molecule has 1 aromatic carbocycles. The van der Waals surface area contributed by atoms with E-state index >= 15 is 0 Å². The van der Waals surface area contributed by atoms with Crippen LogP contribution in [0, 0.1) is 0 Å². The number of nitrogens with zero attached hydrogens (tertiary/aromatic N) is 4. The lowest BCUT2D eigenvalue weighted by Gasteiger charge is -2.32. The number of aromatic amines is 1. The molecule has 1 saturated carbocycles. The summed E-state index contributed by atoms with van der Waals surface area (Å²) in [5.41, 5.74) is 2.10. The molecule has 2 fully saturated rings. The number of H-pyrrole nitrogens is 1. The number of para-hydroxylation sites is 1. The van der Waals surface area contributed by atoms with Gasteiger partial charge in [0, 0.05) is 42.4 Å². The molecule has 1 amide bonds. The van der Waals surface area contributed by atoms with Crippen molar-refractivity contribution in [3.63, 3.8) is 0 Å². The normalized spacial score (nSPS) is 20.4. The van der Waals surface area contributed by atoms with Crippen LogP contribution in [0.3, 0.4) is 0 Å². The van der Waals surface area contributed by atoms with Crippen molar-refractivity contribution in [3.05, 3.63) is 30.5 Å². The highest BCUT2D eigenvalue weighted by molar-refractivity contribution is 8.00. The predicted octanol–water partition coefficient (Wildman–Crippen LogP) is 4.88. The SMILES string of the molecule is CC(Sc1nnc(-c2c[nH]c3ccccc23)n1CC1CCCO1)C(=O)N(C)C1CCCCC1. The summed E-state index contributed by atoms with van der Waals surface area (Å²) >= 11 is 1.51. The highest BCUT2D eigenvalue weighted by Crippen LogP contribution is 2.33. The van der Waals surface area contributed by atoms with Gasteiger partial charge in [-0.1, -0.05) is 49.2 Å². The van der Waals surface area contributed by atoms with Gasteiger partial charge in [0.05, 0.1) is 17.9 Å². The van der Waals surface area contributed by atoms with Gasteiger partial charge < -0.3 is 14.6 Å². The van der Waals surface area contributed by atoms with Crippen LogP contribution in [-0.2, 0) is 16.1 Å². The third-order valence-electron chi connectivity index (χ3n) is 7.06. The lowest BCUT2D eigenvalue weighted by Crippen LogP contribution is -2.42. The number of aromatic nitrogens is 4. The Morgan fingerprint density at radius 1 is 1.21 bits per heavy atom. The third-order valence-corrected chi connectivity index (χ3v) is 8.13. The van der Waals surface area contributed by atoms with Gasteiger partial charge in [0.2, 0.25) is 5.91 Å². The summed E-state index contributed by atoms with van der Waals surface area (Å²) in [6.45, 7) is 3.49. The van der Waals surface area contributed by atoms with Crippen molar-refractivity contribution in [2.45, 2.75) is 81.0 Å². The molecule has 2 unspecified atom stereocenters. The first-order valence-electron chi connectivity index (χ1n) is 12.2. The number of carbonyl (C=O) groups is 1. The van der Waals surface area contributed by atoms with E-state index in [4.69, 9.17) is 4.74 Å². The number of fused-ring (bicyclic) bond motifs is 1. The van der Waals surface area contributed by atoms with Crippen LogP contribution in [0.2, 0.25) is 0 Å². The number of benzene rings is 1. The molecular formula is C25H33N5O2S. The number of thioether (sulfide) groups is 1. The largest absolute Gasteiger partial charge is 0.376 e. The van der Waals surface area contributed by atoms with Crippen LogP contribution in [-0.4, -0.2) is 61.6 Å². The van der Waals surface area contributed by atoms with E-state index in [0.29, 0.717) is 12.6 Å². The number of carbonyl (C=O) groups excluding carboxylic acids is 1. The van der Waals surface area contributed by atoms with E-state index in [1.807, 2.05) is 37.2 Å². The molecule has 3 heterocycles. The molecular weight excluding hydrogens is 434 g/mol. The summed E-state index contributed by atoms with van der Waals surface area (Å²) in [5, 5.41) is 10.8. The van der Waals surface area contributed by atoms with Gasteiger partial charge in [-0.2, -0.15) is 0 Å². The second kappa shape index (κ2) is 9.89. The minimum atomic E-state index is -0.222. The molecule has 1 aliphatic heterocycles. The van der Waals surface area contributed by atoms with Crippen LogP contribution < -0.4 is 0 Å². The van der Waals surface area contributed by atoms with Gasteiger partial charge in [-0.05, 0) is 38.7 Å². The van der Waals surface area contributed by atoms with Gasteiger partial charge in [0.15, 0.2) is 11.0 Å². The van der Waals surface area contributed by atoms with Crippen molar-refractivity contribution >= 4 is 28.6 Å². The maximum Gasteiger partial charge on any atom is 0.235 e. The Balaban J connectivity index is 1.41. The summed E-state index contributed by atoms with van der Waals surface area (Å²) in [6.07, 6.45) is 10.2. The first-order valence-corrected chi connectivity index (χ1v) is 13.0. The second-order valence-electron chi connectivity index (χ2n) is 9.30. The van der Waals surface area contributed by atoms with Crippen LogP contribution in [0.25, 0.3) is 22.3 Å². The topological polar surface area (TPSA) is 76.0 Å². The van der Waals surface area contributed by atoms with E-state index in [1.165, 1.54) is 31.0 Å². The second-order valence-corrected chi connectivity index (χ2v) is 10.6. The Kier molecular flexibility index (Phi) is 6.74. The molecule has 33 heavy (non-hydrogen) atoms. The van der Waals surface area contributed by atoms with Gasteiger partial charge in [0.25, 0.3) is 0 Å². The molecule has 3 aromatic rings. The Labute approximate surface area is 199 Å². The standard InChI is InChI=1S/C25H33N5O2S/c1-17(24(31)29(2)18-9-4-3-5-10-18)33-25-28-27-23(30(25)16-19-11-8-14-32-19)21-15-26-22-13-7-6-12-20(21)22/h6-7,12-13,15,17-19,26H,3-5,8-11,14,16H2,1-2H3. The van der Waals surface area contributed by atoms with E-state index in [9.17, 15) is 4.79 Å². The van der Waals surface area contributed by atoms with Gasteiger partial charge in [0.1, 0.15) is 0 Å². The summed E-state index contributed by atoms with van der Waals surface area (Å²) in [4.78, 5) is 18.5. The Morgan fingerprint density at radius 2 is 2.03 bits per heavy atom. The van der Waals surface area contributed by atoms with E-state index in [1.54, 1.807) is 0 Å². The third kappa shape index (κ3) is 4.68. The van der Waals surface area contributed by atoms with E-state index < -0.39 is 0 Å². The van der Waals surface area contributed by atoms with Crippen LogP contribution in [0.1, 0.15) is 51.9 Å². The lowest BCUT2D eigenvalue weighted by atomic mass is 9.94. The predicted molar refractivity (Wildman–Crippen MR) is 131 cm³/mol. The van der Waals surface area contributed by atoms with Crippen LogP contribution >= 0.6 is 11.8 Å². The van der Waals surface area contributed by atoms with Crippen LogP contribution in [0.5, 0.6) is 0 Å². The van der Waals surface area contributed by atoms with E-state index in [-0.39, 0.29) is 17.3 Å². The summed E-state index contributed by atoms with van der Waals surface area (Å²) < 4.78 is 8.10. The molecule has 1 saturated heterocycles. The average Bonchev–Trinajstić information content (AvgIpc) is 3.60. The summed E-state index contributed by atoms with van der Waals surface area (Å²) in [7, 11) is 1.96. The van der Waals surface area contributed by atoms with Crippen molar-refractivity contribution in [2.75, 3.05) is 13.7 Å². The van der Waals surface area contributed by atoms with Crippen molar-refractivity contribution in [3.8, 4) is 11.4 Å². The van der Waals surface area contributed by atoms with E-state index in [2.05, 4.69) is 31.9 Å². The molecule has 2 aromatic heterocycles. The first-order chi connectivity index (χ1) is 16.1. The molecule has 176 valence electrons. The minimum Gasteiger partial charge on any atom is -0.376 e. The zero-order valence-corrected chi connectivity index (χ0v) is 20.3. The highest BCUT2D eigenvalue weighted by atomic mass is 32.2. The van der Waals surface area contributed by atoms with Crippen molar-refractivity contribution in [2.24, 2.45) is 0 Å². The van der Waals surface area contributed by atoms with Gasteiger partial charge in [-0.15, -0.1) is 10.2 Å². The van der Waals surface area contributed by atoms with Crippen molar-refractivity contribution in [1.82, 2.24) is 24.6 Å². The summed E-state index contributed by atoms with van der Waals surface area (Å²) in [6, 6.07) is 8.59. The smallest absolute Gasteiger partial charge is 0.235 e. The fraction of sp³-hybridized carbons (Fsp3) is 0.560. The van der Waals surface area contributed by atoms with E-state index in [0.717, 1.165) is 59.7 Å². The molecule has 0 bridgehead atoms. The quantitative estimate of drug-likeness (QED) is 0.501. The van der Waals surface area contributed by atoms with Gasteiger partial charge in [-0.25, -0.2) is 0 Å². The molecule has 8 heteroatoms. The number of hydrogen-bond donors (Lipinski definition) is 1. The number of rotatable bonds is 7. The molecule has 0 spiro atoms. The minimum absolute atomic E-state index is 0.153. The van der Waals surface area contributed by atoms with Crippen molar-refractivity contribution in [1.29, 1.82) is 0 Å². The summed E-state index contributed by atoms with van der Waals surface area (Å²) in [5.74, 6) is 0.998. The van der Waals surface area contributed by atoms with Crippen molar-refractivity contribution < 1.29 is 9.53 Å². The molecule has 1 aliphatic carbocycles. The zero-order chi connectivity index (χ0) is 22.8. The average molecular weight is 468 g/mol. The molecule has 1 N–H and O–H groups in total. The molecule has 2 atom stereocenters. The Bertz CT molecular complexity index is 1100. The zero-order valence-electron chi connectivity index (χ0n) is 19.5. The Hall–Kier alpha value is -2.32. The molecule has 2 aliphatic rings. The fourth-order valence-electron chi connectivity index (χ4n) is 5.13. The van der Waals surface area contributed by atoms with Crippen LogP contribution in [0.15, 0.2) is 35.6 Å². The van der Waals surface area contributed by atoms with Gasteiger partial charge in [-0.3, -0.25) is 9.36 Å². The van der Waals surface area contributed by atoms with Crippen LogP contribution in [0.4, 0.5) is 0 Å². The first kappa shape index (κ1) is 22.5. The molecule has 7 nitrogen and oxygen atoms in total. The number of amides is 1. The molecule has 5 rings (SSSR count). The maximum absolute atomic E-state index is 13.2. The van der Waals surface area contributed by atoms with Gasteiger partial charge >= 0.3 is 0 Å². The highest BCUT2D eigenvalue weighted by Gasteiger charge is 2.29. The lowest BCUT2D eigenvalue weighted by molar-refractivity contribution is -0.131. The molecule has 0 radical (unpaired) electrons. The number of nitrogens with one attached hydrogen (secondary N) is 1. The maximum atomic E-state index is 13.2. The Morgan fingerprint density at radius 3 is 2.82 bits per heavy atom.